The average molecular weight is 284 g/mol. The van der Waals surface area contributed by atoms with Gasteiger partial charge in [-0.15, -0.1) is 0 Å². The molecular formula is C15H28N2O3. The number of rotatable bonds is 5. The molecule has 0 aromatic rings. The predicted molar refractivity (Wildman–Crippen MR) is 77.8 cm³/mol. The number of carboxylic acids is 1. The zero-order valence-electron chi connectivity index (χ0n) is 12.9. The fraction of sp³-hybridized carbons (Fsp3) is 0.933. The van der Waals surface area contributed by atoms with Gasteiger partial charge in [-0.3, -0.25) is 9.69 Å². The van der Waals surface area contributed by atoms with Gasteiger partial charge >= 0.3 is 5.97 Å². The SMILES string of the molecule is CNC1(C(=O)O)CCCC1CCN1CC(C)OCC1C. The van der Waals surface area contributed by atoms with Crippen molar-refractivity contribution in [3.05, 3.63) is 0 Å². The molecule has 0 radical (unpaired) electrons. The molecule has 4 unspecified atom stereocenters. The first-order valence-electron chi connectivity index (χ1n) is 7.77. The van der Waals surface area contributed by atoms with E-state index in [9.17, 15) is 9.90 Å². The Morgan fingerprint density at radius 2 is 2.25 bits per heavy atom. The van der Waals surface area contributed by atoms with Crippen molar-refractivity contribution < 1.29 is 14.6 Å². The number of carbonyl (C=O) groups is 1. The Balaban J connectivity index is 1.94. The smallest absolute Gasteiger partial charge is 0.324 e. The number of ether oxygens (including phenoxy) is 1. The van der Waals surface area contributed by atoms with Crippen LogP contribution >= 0.6 is 0 Å². The third-order valence-corrected chi connectivity index (χ3v) is 5.15. The maximum absolute atomic E-state index is 11.6. The molecule has 2 rings (SSSR count). The maximum atomic E-state index is 11.6. The van der Waals surface area contributed by atoms with Gasteiger partial charge in [-0.05, 0) is 52.6 Å². The normalized spacial score (nSPS) is 39.0. The van der Waals surface area contributed by atoms with Crippen LogP contribution in [0.1, 0.15) is 39.5 Å². The fourth-order valence-electron chi connectivity index (χ4n) is 3.79. The van der Waals surface area contributed by atoms with Gasteiger partial charge < -0.3 is 15.2 Å². The quantitative estimate of drug-likeness (QED) is 0.797. The first-order valence-corrected chi connectivity index (χ1v) is 7.77. The number of likely N-dealkylation sites (N-methyl/N-ethyl adjacent to an activating group) is 1. The summed E-state index contributed by atoms with van der Waals surface area (Å²) in [7, 11) is 1.78. The minimum absolute atomic E-state index is 0.232. The summed E-state index contributed by atoms with van der Waals surface area (Å²) in [4.78, 5) is 14.1. The molecule has 1 aliphatic heterocycles. The van der Waals surface area contributed by atoms with Crippen LogP contribution in [-0.2, 0) is 9.53 Å². The van der Waals surface area contributed by atoms with Crippen molar-refractivity contribution in [3.8, 4) is 0 Å². The van der Waals surface area contributed by atoms with Crippen LogP contribution in [0.15, 0.2) is 0 Å². The summed E-state index contributed by atoms with van der Waals surface area (Å²) in [5.41, 5.74) is -0.707. The Kier molecular flexibility index (Phi) is 5.04. The number of carboxylic acid groups (broad SMARTS) is 1. The summed E-state index contributed by atoms with van der Waals surface area (Å²) in [6.45, 7) is 6.98. The molecular weight excluding hydrogens is 256 g/mol. The van der Waals surface area contributed by atoms with E-state index in [1.54, 1.807) is 7.05 Å². The van der Waals surface area contributed by atoms with Gasteiger partial charge in [0.05, 0.1) is 12.7 Å². The van der Waals surface area contributed by atoms with Crippen molar-refractivity contribution in [2.75, 3.05) is 26.7 Å². The highest BCUT2D eigenvalue weighted by molar-refractivity contribution is 5.79. The molecule has 5 heteroatoms. The first kappa shape index (κ1) is 15.7. The third-order valence-electron chi connectivity index (χ3n) is 5.15. The Morgan fingerprint density at radius 3 is 2.90 bits per heavy atom. The van der Waals surface area contributed by atoms with Gasteiger partial charge in [0.2, 0.25) is 0 Å². The van der Waals surface area contributed by atoms with Gasteiger partial charge in [0, 0.05) is 12.6 Å². The second-order valence-corrected chi connectivity index (χ2v) is 6.39. The van der Waals surface area contributed by atoms with E-state index in [1.807, 2.05) is 0 Å². The standard InChI is InChI=1S/C15H28N2O3/c1-11-10-20-12(2)9-17(11)8-6-13-5-4-7-15(13,16-3)14(18)19/h11-13,16H,4-10H2,1-3H3,(H,18,19). The Bertz CT molecular complexity index is 350. The van der Waals surface area contributed by atoms with Gasteiger partial charge in [0.25, 0.3) is 0 Å². The lowest BCUT2D eigenvalue weighted by Crippen LogP contribution is -2.54. The molecule has 0 spiro atoms. The van der Waals surface area contributed by atoms with E-state index >= 15 is 0 Å². The van der Waals surface area contributed by atoms with Crippen LogP contribution in [-0.4, -0.2) is 60.4 Å². The lowest BCUT2D eigenvalue weighted by atomic mass is 9.84. The predicted octanol–water partition coefficient (Wildman–Crippen LogP) is 1.33. The number of nitrogens with zero attached hydrogens (tertiary/aromatic N) is 1. The Labute approximate surface area is 121 Å². The van der Waals surface area contributed by atoms with E-state index in [2.05, 4.69) is 24.1 Å². The second-order valence-electron chi connectivity index (χ2n) is 6.39. The van der Waals surface area contributed by atoms with Crippen molar-refractivity contribution in [3.63, 3.8) is 0 Å². The summed E-state index contributed by atoms with van der Waals surface area (Å²) in [5, 5.41) is 12.7. The van der Waals surface area contributed by atoms with Gasteiger partial charge in [-0.2, -0.15) is 0 Å². The molecule has 1 heterocycles. The van der Waals surface area contributed by atoms with Crippen LogP contribution in [0.25, 0.3) is 0 Å². The van der Waals surface area contributed by atoms with E-state index in [0.717, 1.165) is 45.4 Å². The first-order chi connectivity index (χ1) is 9.49. The minimum atomic E-state index is -0.707. The molecule has 1 aliphatic carbocycles. The van der Waals surface area contributed by atoms with E-state index < -0.39 is 11.5 Å². The van der Waals surface area contributed by atoms with E-state index in [-0.39, 0.29) is 12.0 Å². The van der Waals surface area contributed by atoms with Crippen molar-refractivity contribution in [1.82, 2.24) is 10.2 Å². The topological polar surface area (TPSA) is 61.8 Å². The molecule has 2 N–H and O–H groups in total. The zero-order chi connectivity index (χ0) is 14.8. The van der Waals surface area contributed by atoms with Gasteiger partial charge in [0.1, 0.15) is 5.54 Å². The lowest BCUT2D eigenvalue weighted by Gasteiger charge is -2.38. The van der Waals surface area contributed by atoms with Gasteiger partial charge in [-0.1, -0.05) is 6.42 Å². The van der Waals surface area contributed by atoms with E-state index in [1.165, 1.54) is 0 Å². The van der Waals surface area contributed by atoms with Crippen LogP contribution in [0.4, 0.5) is 0 Å². The van der Waals surface area contributed by atoms with Crippen molar-refractivity contribution in [1.29, 1.82) is 0 Å². The van der Waals surface area contributed by atoms with Crippen LogP contribution in [0.2, 0.25) is 0 Å². The number of aliphatic carboxylic acids is 1. The summed E-state index contributed by atoms with van der Waals surface area (Å²) >= 11 is 0. The highest BCUT2D eigenvalue weighted by Crippen LogP contribution is 2.38. The molecule has 20 heavy (non-hydrogen) atoms. The van der Waals surface area contributed by atoms with Crippen LogP contribution in [0.3, 0.4) is 0 Å². The summed E-state index contributed by atoms with van der Waals surface area (Å²) < 4.78 is 5.64. The monoisotopic (exact) mass is 284 g/mol. The number of morpholine rings is 1. The number of nitrogens with one attached hydrogen (secondary N) is 1. The van der Waals surface area contributed by atoms with Crippen LogP contribution in [0.5, 0.6) is 0 Å². The Hall–Kier alpha value is -0.650. The lowest BCUT2D eigenvalue weighted by molar-refractivity contribution is -0.146. The van der Waals surface area contributed by atoms with Crippen molar-refractivity contribution in [2.45, 2.75) is 57.2 Å². The molecule has 4 atom stereocenters. The molecule has 1 saturated carbocycles. The molecule has 2 fully saturated rings. The van der Waals surface area contributed by atoms with Crippen LogP contribution < -0.4 is 5.32 Å². The second kappa shape index (κ2) is 6.41. The molecule has 1 saturated heterocycles. The molecule has 5 nitrogen and oxygen atoms in total. The van der Waals surface area contributed by atoms with Crippen molar-refractivity contribution in [2.24, 2.45) is 5.92 Å². The molecule has 116 valence electrons. The van der Waals surface area contributed by atoms with Crippen LogP contribution in [0, 0.1) is 5.92 Å². The summed E-state index contributed by atoms with van der Waals surface area (Å²) in [6.07, 6.45) is 4.00. The highest BCUT2D eigenvalue weighted by atomic mass is 16.5. The Morgan fingerprint density at radius 1 is 1.50 bits per heavy atom. The van der Waals surface area contributed by atoms with Gasteiger partial charge in [0.15, 0.2) is 0 Å². The molecule has 2 aliphatic rings. The summed E-state index contributed by atoms with van der Waals surface area (Å²) in [6, 6.07) is 0.432. The van der Waals surface area contributed by atoms with E-state index in [0.29, 0.717) is 6.04 Å². The zero-order valence-corrected chi connectivity index (χ0v) is 12.9. The largest absolute Gasteiger partial charge is 0.480 e. The minimum Gasteiger partial charge on any atom is -0.480 e. The molecule has 0 aromatic carbocycles. The van der Waals surface area contributed by atoms with Crippen molar-refractivity contribution >= 4 is 5.97 Å². The highest BCUT2D eigenvalue weighted by Gasteiger charge is 2.47. The van der Waals surface area contributed by atoms with E-state index in [4.69, 9.17) is 4.74 Å². The number of hydrogen-bond donors (Lipinski definition) is 2. The fourth-order valence-corrected chi connectivity index (χ4v) is 3.79. The molecule has 0 bridgehead atoms. The molecule has 0 aromatic heterocycles. The summed E-state index contributed by atoms with van der Waals surface area (Å²) in [5.74, 6) is -0.457. The maximum Gasteiger partial charge on any atom is 0.324 e. The molecule has 0 amide bonds. The van der Waals surface area contributed by atoms with Gasteiger partial charge in [-0.25, -0.2) is 0 Å². The average Bonchev–Trinajstić information content (AvgIpc) is 2.84. The third kappa shape index (κ3) is 3.00. The number of hydrogen-bond acceptors (Lipinski definition) is 4.